The molecule has 3 rings (SSSR count). The van der Waals surface area contributed by atoms with E-state index in [1.54, 1.807) is 11.2 Å². The average Bonchev–Trinajstić information content (AvgIpc) is 3.07. The Hall–Kier alpha value is -2.88. The molecule has 138 valence electrons. The third-order valence-corrected chi connectivity index (χ3v) is 4.37. The van der Waals surface area contributed by atoms with Crippen LogP contribution in [0.5, 0.6) is 0 Å². The summed E-state index contributed by atoms with van der Waals surface area (Å²) in [4.78, 5) is 26.3. The fraction of sp³-hybridized carbons (Fsp3) is 0.375. The second kappa shape index (κ2) is 8.00. The number of anilines is 2. The van der Waals surface area contributed by atoms with Gasteiger partial charge in [-0.05, 0) is 36.5 Å². The fourth-order valence-electron chi connectivity index (χ4n) is 2.66. The summed E-state index contributed by atoms with van der Waals surface area (Å²) < 4.78 is 10.2. The van der Waals surface area contributed by atoms with Gasteiger partial charge in [0.05, 0.1) is 26.7 Å². The van der Waals surface area contributed by atoms with Crippen molar-refractivity contribution in [2.75, 3.05) is 43.1 Å². The first-order valence-electron chi connectivity index (χ1n) is 8.03. The normalized spacial score (nSPS) is 19.3. The number of ether oxygens (including phenoxy) is 2. The van der Waals surface area contributed by atoms with Crippen molar-refractivity contribution in [3.63, 3.8) is 0 Å². The molecule has 0 aromatic heterocycles. The van der Waals surface area contributed by atoms with E-state index in [4.69, 9.17) is 21.7 Å². The number of nitrogens with one attached hydrogen (secondary N) is 1. The number of amides is 2. The van der Waals surface area contributed by atoms with Crippen LogP contribution in [0, 0.1) is 0 Å². The molecule has 0 saturated carbocycles. The number of benzene rings is 1. The number of cyclic esters (lactones) is 1. The first-order chi connectivity index (χ1) is 12.6. The van der Waals surface area contributed by atoms with Crippen molar-refractivity contribution in [1.82, 2.24) is 10.3 Å². The lowest BCUT2D eigenvalue weighted by molar-refractivity contribution is -0.118. The fourth-order valence-corrected chi connectivity index (χ4v) is 2.75. The summed E-state index contributed by atoms with van der Waals surface area (Å²) in [6.45, 7) is 2.00. The molecule has 10 heteroatoms. The van der Waals surface area contributed by atoms with Gasteiger partial charge < -0.3 is 19.7 Å². The molecule has 26 heavy (non-hydrogen) atoms. The molecule has 1 aromatic carbocycles. The van der Waals surface area contributed by atoms with Gasteiger partial charge in [0, 0.05) is 17.9 Å². The standard InChI is InChI=1S/C16H19N5O4S/c1-24-15(26)17-8-14-9-21(16(23)25-14)13-4-2-12(3-5-13)19-6-7-20(11-22)18-10-19/h2-5,10-11,14H,6-9H2,1H3,(H,17,26). The molecule has 2 aliphatic rings. The first-order valence-corrected chi connectivity index (χ1v) is 8.44. The largest absolute Gasteiger partial charge is 0.474 e. The van der Waals surface area contributed by atoms with Crippen LogP contribution in [0.2, 0.25) is 0 Å². The molecule has 1 N–H and O–H groups in total. The van der Waals surface area contributed by atoms with Gasteiger partial charge >= 0.3 is 6.09 Å². The summed E-state index contributed by atoms with van der Waals surface area (Å²) in [5, 5.41) is 8.51. The van der Waals surface area contributed by atoms with Crippen molar-refractivity contribution in [1.29, 1.82) is 0 Å². The zero-order valence-electron chi connectivity index (χ0n) is 14.2. The lowest BCUT2D eigenvalue weighted by Gasteiger charge is -2.26. The predicted octanol–water partition coefficient (Wildman–Crippen LogP) is 0.754. The topological polar surface area (TPSA) is 86.7 Å². The number of hydrogen-bond donors (Lipinski definition) is 1. The Morgan fingerprint density at radius 2 is 2.12 bits per heavy atom. The molecule has 2 amide bonds. The van der Waals surface area contributed by atoms with E-state index in [9.17, 15) is 9.59 Å². The zero-order valence-corrected chi connectivity index (χ0v) is 15.0. The summed E-state index contributed by atoms with van der Waals surface area (Å²) in [5.74, 6) is 0. The maximum Gasteiger partial charge on any atom is 0.414 e. The number of nitrogens with zero attached hydrogens (tertiary/aromatic N) is 4. The van der Waals surface area contributed by atoms with Gasteiger partial charge in [0.2, 0.25) is 6.41 Å². The predicted molar refractivity (Wildman–Crippen MR) is 100 cm³/mol. The summed E-state index contributed by atoms with van der Waals surface area (Å²) in [7, 11) is 1.48. The van der Waals surface area contributed by atoms with Crippen molar-refractivity contribution in [2.45, 2.75) is 6.10 Å². The number of thiocarbonyl (C=S) groups is 1. The van der Waals surface area contributed by atoms with Gasteiger partial charge in [0.25, 0.3) is 5.17 Å². The quantitative estimate of drug-likeness (QED) is 0.599. The smallest absolute Gasteiger partial charge is 0.414 e. The van der Waals surface area contributed by atoms with Crippen LogP contribution in [-0.4, -0.2) is 68.4 Å². The van der Waals surface area contributed by atoms with E-state index < -0.39 is 6.09 Å². The Balaban J connectivity index is 1.61. The number of carbonyl (C=O) groups is 2. The van der Waals surface area contributed by atoms with Gasteiger partial charge in [-0.25, -0.2) is 9.80 Å². The average molecular weight is 377 g/mol. The van der Waals surface area contributed by atoms with Crippen LogP contribution in [0.4, 0.5) is 16.2 Å². The maximum atomic E-state index is 12.1. The number of hydrazone groups is 1. The van der Waals surface area contributed by atoms with E-state index >= 15 is 0 Å². The first kappa shape index (κ1) is 17.9. The molecule has 1 aromatic rings. The molecule has 2 heterocycles. The molecule has 9 nitrogen and oxygen atoms in total. The van der Waals surface area contributed by atoms with Gasteiger partial charge in [0.1, 0.15) is 12.4 Å². The van der Waals surface area contributed by atoms with Crippen LogP contribution in [0.25, 0.3) is 0 Å². The van der Waals surface area contributed by atoms with Gasteiger partial charge in [-0.1, -0.05) is 0 Å². The van der Waals surface area contributed by atoms with Crippen LogP contribution in [0.3, 0.4) is 0 Å². The highest BCUT2D eigenvalue weighted by Crippen LogP contribution is 2.25. The van der Waals surface area contributed by atoms with Gasteiger partial charge in [-0.3, -0.25) is 9.69 Å². The van der Waals surface area contributed by atoms with Crippen molar-refractivity contribution in [3.05, 3.63) is 24.3 Å². The number of hydrogen-bond acceptors (Lipinski definition) is 7. The Kier molecular flexibility index (Phi) is 5.52. The Morgan fingerprint density at radius 3 is 2.73 bits per heavy atom. The lowest BCUT2D eigenvalue weighted by atomic mass is 10.2. The highest BCUT2D eigenvalue weighted by molar-refractivity contribution is 7.80. The van der Waals surface area contributed by atoms with Crippen LogP contribution in [0.15, 0.2) is 29.4 Å². The molecule has 0 spiro atoms. The summed E-state index contributed by atoms with van der Waals surface area (Å²) >= 11 is 4.91. The third kappa shape index (κ3) is 4.02. The number of methoxy groups -OCH3 is 1. The molecule has 0 radical (unpaired) electrons. The molecule has 2 aliphatic heterocycles. The molecule has 1 fully saturated rings. The van der Waals surface area contributed by atoms with E-state index in [-0.39, 0.29) is 11.3 Å². The van der Waals surface area contributed by atoms with E-state index in [1.165, 1.54) is 12.1 Å². The highest BCUT2D eigenvalue weighted by Gasteiger charge is 2.32. The third-order valence-electron chi connectivity index (χ3n) is 4.06. The van der Waals surface area contributed by atoms with Gasteiger partial charge in [0.15, 0.2) is 0 Å². The molecule has 0 aliphatic carbocycles. The summed E-state index contributed by atoms with van der Waals surface area (Å²) in [6, 6.07) is 7.51. The van der Waals surface area contributed by atoms with Crippen molar-refractivity contribution in [3.8, 4) is 0 Å². The maximum absolute atomic E-state index is 12.1. The summed E-state index contributed by atoms with van der Waals surface area (Å²) in [5.41, 5.74) is 1.68. The second-order valence-electron chi connectivity index (χ2n) is 5.70. The van der Waals surface area contributed by atoms with Crippen LogP contribution < -0.4 is 15.1 Å². The van der Waals surface area contributed by atoms with Crippen molar-refractivity contribution >= 4 is 47.6 Å². The van der Waals surface area contributed by atoms with Crippen molar-refractivity contribution in [2.24, 2.45) is 5.10 Å². The minimum atomic E-state index is -0.394. The molecular formula is C16H19N5O4S. The molecule has 1 unspecified atom stereocenters. The van der Waals surface area contributed by atoms with E-state index in [1.807, 2.05) is 29.2 Å². The lowest BCUT2D eigenvalue weighted by Crippen LogP contribution is -2.37. The molecule has 1 saturated heterocycles. The minimum absolute atomic E-state index is 0.264. The monoisotopic (exact) mass is 377 g/mol. The van der Waals surface area contributed by atoms with Crippen LogP contribution in [0.1, 0.15) is 0 Å². The van der Waals surface area contributed by atoms with E-state index in [0.29, 0.717) is 32.6 Å². The number of rotatable bonds is 5. The molecule has 0 bridgehead atoms. The second-order valence-corrected chi connectivity index (χ2v) is 6.07. The zero-order chi connectivity index (χ0) is 18.5. The van der Waals surface area contributed by atoms with Gasteiger partial charge in [-0.2, -0.15) is 5.10 Å². The number of carbonyl (C=O) groups excluding carboxylic acids is 2. The highest BCUT2D eigenvalue weighted by atomic mass is 32.1. The molecule has 1 atom stereocenters. The van der Waals surface area contributed by atoms with E-state index in [0.717, 1.165) is 11.4 Å². The van der Waals surface area contributed by atoms with E-state index in [2.05, 4.69) is 10.4 Å². The Bertz CT molecular complexity index is 711. The van der Waals surface area contributed by atoms with Gasteiger partial charge in [-0.15, -0.1) is 0 Å². The van der Waals surface area contributed by atoms with Crippen LogP contribution >= 0.6 is 12.2 Å². The van der Waals surface area contributed by atoms with Crippen LogP contribution in [-0.2, 0) is 14.3 Å². The molecular weight excluding hydrogens is 358 g/mol. The van der Waals surface area contributed by atoms with Crippen molar-refractivity contribution < 1.29 is 19.1 Å². The minimum Gasteiger partial charge on any atom is -0.474 e. The SMILES string of the molecule is COC(=S)NCC1CN(c2ccc(N3C=NN(C=O)CC3)cc2)C(=O)O1. The summed E-state index contributed by atoms with van der Waals surface area (Å²) in [6.07, 6.45) is 1.60. The Morgan fingerprint density at radius 1 is 1.38 bits per heavy atom. The Labute approximate surface area is 156 Å².